The summed E-state index contributed by atoms with van der Waals surface area (Å²) in [5.41, 5.74) is 0. The van der Waals surface area contributed by atoms with Crippen molar-refractivity contribution in [3.8, 4) is 0 Å². The number of carbonyl (C=O) groups is 2. The molecule has 2 N–H and O–H groups in total. The number of allylic oxidation sites excluding steroid dienone is 3. The van der Waals surface area contributed by atoms with Crippen LogP contribution in [0.5, 0.6) is 0 Å². The average Bonchev–Trinajstić information content (AvgIpc) is 2.03. The third-order valence-electron chi connectivity index (χ3n) is 0.887. The van der Waals surface area contributed by atoms with Crippen LogP contribution in [0.25, 0.3) is 0 Å². The average molecular weight is 174 g/mol. The molecule has 4 nitrogen and oxygen atoms in total. The van der Waals surface area contributed by atoms with Crippen molar-refractivity contribution in [2.45, 2.75) is 0 Å². The second-order valence-corrected chi connectivity index (χ2v) is 1.82. The number of hydrogen-bond donors (Lipinski definition) is 2. The first kappa shape index (κ1) is 10.3. The number of alkyl halides is 1. The maximum atomic E-state index is 11.5. The highest BCUT2D eigenvalue weighted by Crippen LogP contribution is 1.89. The monoisotopic (exact) mass is 174 g/mol. The number of carboxylic acid groups (broad SMARTS) is 1. The van der Waals surface area contributed by atoms with E-state index in [2.05, 4.69) is 0 Å². The van der Waals surface area contributed by atoms with Gasteiger partial charge in [-0.15, -0.1) is 0 Å². The highest BCUT2D eigenvalue weighted by Gasteiger charge is 2.00. The fraction of sp³-hybridized carbons (Fsp3) is 0.143. The molecule has 0 spiro atoms. The lowest BCUT2D eigenvalue weighted by Gasteiger charge is -1.86. The summed E-state index contributed by atoms with van der Waals surface area (Å²) in [5, 5.41) is 16.6. The van der Waals surface area contributed by atoms with Crippen molar-refractivity contribution in [3.63, 3.8) is 0 Å². The molecule has 5 heteroatoms. The highest BCUT2D eigenvalue weighted by molar-refractivity contribution is 5.91. The molecule has 0 saturated heterocycles. The Hall–Kier alpha value is -1.65. The van der Waals surface area contributed by atoms with Gasteiger partial charge in [-0.25, -0.2) is 9.18 Å². The molecule has 0 amide bonds. The molecule has 66 valence electrons. The molecule has 0 rings (SSSR count). The fourth-order valence-corrected chi connectivity index (χ4v) is 0.362. The van der Waals surface area contributed by atoms with Gasteiger partial charge in [0.05, 0.1) is 0 Å². The van der Waals surface area contributed by atoms with E-state index >= 15 is 0 Å². The van der Waals surface area contributed by atoms with E-state index in [0.29, 0.717) is 0 Å². The molecule has 12 heavy (non-hydrogen) atoms. The third-order valence-corrected chi connectivity index (χ3v) is 0.887. The van der Waals surface area contributed by atoms with Gasteiger partial charge in [0.15, 0.2) is 12.5 Å². The molecule has 0 fully saturated rings. The van der Waals surface area contributed by atoms with Crippen molar-refractivity contribution in [2.24, 2.45) is 0 Å². The molecular formula is C7H7FO4. The highest BCUT2D eigenvalue weighted by atomic mass is 19.1. The molecule has 0 heterocycles. The lowest BCUT2D eigenvalue weighted by Crippen LogP contribution is -1.98. The zero-order valence-electron chi connectivity index (χ0n) is 6.03. The Kier molecular flexibility index (Phi) is 4.36. The summed E-state index contributed by atoms with van der Waals surface area (Å²) >= 11 is 0. The molecule has 0 aliphatic rings. The van der Waals surface area contributed by atoms with Gasteiger partial charge in [-0.3, -0.25) is 4.79 Å². The molecule has 0 radical (unpaired) electrons. The maximum Gasteiger partial charge on any atom is 0.370 e. The van der Waals surface area contributed by atoms with Gasteiger partial charge in [0.25, 0.3) is 0 Å². The molecule has 0 aliphatic carbocycles. The smallest absolute Gasteiger partial charge is 0.370 e. The minimum Gasteiger partial charge on any atom is -0.502 e. The second kappa shape index (κ2) is 5.06. The molecular weight excluding hydrogens is 167 g/mol. The number of hydrogen-bond acceptors (Lipinski definition) is 3. The van der Waals surface area contributed by atoms with Crippen LogP contribution in [-0.4, -0.2) is 28.6 Å². The molecule has 0 aliphatic heterocycles. The van der Waals surface area contributed by atoms with Crippen LogP contribution in [-0.2, 0) is 9.59 Å². The van der Waals surface area contributed by atoms with Crippen LogP contribution in [0.4, 0.5) is 4.39 Å². The third kappa shape index (κ3) is 4.21. The SMILES string of the molecule is O=C(C=CC=C(O)C(=O)O)CF. The Bertz CT molecular complexity index is 242. The van der Waals surface area contributed by atoms with Crippen LogP contribution >= 0.6 is 0 Å². The Labute approximate surface area is 67.6 Å². The summed E-state index contributed by atoms with van der Waals surface area (Å²) in [7, 11) is 0. The standard InChI is InChI=1S/C7H7FO4/c8-4-5(9)2-1-3-6(10)7(11)12/h1-3,10H,4H2,(H,11,12). The first-order valence-electron chi connectivity index (χ1n) is 2.97. The normalized spacial score (nSPS) is 11.9. The molecule has 0 bridgehead atoms. The van der Waals surface area contributed by atoms with Gasteiger partial charge >= 0.3 is 5.97 Å². The summed E-state index contributed by atoms with van der Waals surface area (Å²) in [6, 6.07) is 0. The molecule has 0 aromatic rings. The Morgan fingerprint density at radius 1 is 1.33 bits per heavy atom. The van der Waals surface area contributed by atoms with Gasteiger partial charge in [-0.2, -0.15) is 0 Å². The van der Waals surface area contributed by atoms with E-state index in [-0.39, 0.29) is 0 Å². The van der Waals surface area contributed by atoms with Gasteiger partial charge in [0.1, 0.15) is 0 Å². The second-order valence-electron chi connectivity index (χ2n) is 1.82. The number of carboxylic acids is 1. The van der Waals surface area contributed by atoms with Gasteiger partial charge in [0, 0.05) is 0 Å². The summed E-state index contributed by atoms with van der Waals surface area (Å²) in [5.74, 6) is -3.20. The van der Waals surface area contributed by atoms with E-state index in [1.807, 2.05) is 0 Å². The number of aliphatic hydroxyl groups is 1. The van der Waals surface area contributed by atoms with E-state index in [4.69, 9.17) is 10.2 Å². The van der Waals surface area contributed by atoms with Crippen molar-refractivity contribution < 1.29 is 24.2 Å². The van der Waals surface area contributed by atoms with Gasteiger partial charge < -0.3 is 10.2 Å². The summed E-state index contributed by atoms with van der Waals surface area (Å²) in [4.78, 5) is 20.2. The quantitative estimate of drug-likeness (QED) is 0.372. The molecule has 0 aromatic carbocycles. The summed E-state index contributed by atoms with van der Waals surface area (Å²) in [6.07, 6.45) is 2.58. The number of carbonyl (C=O) groups excluding carboxylic acids is 1. The van der Waals surface area contributed by atoms with E-state index in [0.717, 1.165) is 18.2 Å². The van der Waals surface area contributed by atoms with Crippen LogP contribution in [0.1, 0.15) is 0 Å². The number of rotatable bonds is 4. The predicted octanol–water partition coefficient (Wildman–Crippen LogP) is 0.608. The van der Waals surface area contributed by atoms with E-state index in [9.17, 15) is 14.0 Å². The molecule has 0 saturated carbocycles. The first-order valence-corrected chi connectivity index (χ1v) is 2.97. The first-order chi connectivity index (χ1) is 5.57. The minimum atomic E-state index is -1.51. The number of aliphatic carboxylic acids is 1. The van der Waals surface area contributed by atoms with Crippen molar-refractivity contribution in [2.75, 3.05) is 6.67 Å². The van der Waals surface area contributed by atoms with E-state index < -0.39 is 24.2 Å². The van der Waals surface area contributed by atoms with Crippen LogP contribution in [0, 0.1) is 0 Å². The Morgan fingerprint density at radius 2 is 1.92 bits per heavy atom. The van der Waals surface area contributed by atoms with Crippen molar-refractivity contribution in [1.29, 1.82) is 0 Å². The van der Waals surface area contributed by atoms with E-state index in [1.165, 1.54) is 0 Å². The number of halogens is 1. The zero-order valence-corrected chi connectivity index (χ0v) is 6.03. The topological polar surface area (TPSA) is 74.6 Å². The van der Waals surface area contributed by atoms with Crippen LogP contribution in [0.2, 0.25) is 0 Å². The Morgan fingerprint density at radius 3 is 2.33 bits per heavy atom. The van der Waals surface area contributed by atoms with Crippen molar-refractivity contribution in [3.05, 3.63) is 24.0 Å². The van der Waals surface area contributed by atoms with Gasteiger partial charge in [-0.1, -0.05) is 6.08 Å². The molecule has 0 aromatic heterocycles. The number of ketones is 1. The lowest BCUT2D eigenvalue weighted by atomic mass is 10.3. The van der Waals surface area contributed by atoms with Gasteiger partial charge in [0.2, 0.25) is 5.76 Å². The molecule has 0 atom stereocenters. The zero-order chi connectivity index (χ0) is 9.56. The maximum absolute atomic E-state index is 11.5. The van der Waals surface area contributed by atoms with E-state index in [1.54, 1.807) is 0 Å². The summed E-state index contributed by atoms with van der Waals surface area (Å²) in [6.45, 7) is -1.14. The minimum absolute atomic E-state index is 0.788. The van der Waals surface area contributed by atoms with Crippen LogP contribution in [0.15, 0.2) is 24.0 Å². The molecule has 0 unspecified atom stereocenters. The largest absolute Gasteiger partial charge is 0.502 e. The lowest BCUT2D eigenvalue weighted by molar-refractivity contribution is -0.135. The van der Waals surface area contributed by atoms with Gasteiger partial charge in [-0.05, 0) is 12.2 Å². The fourth-order valence-electron chi connectivity index (χ4n) is 0.362. The predicted molar refractivity (Wildman–Crippen MR) is 38.5 cm³/mol. The number of aliphatic hydroxyl groups excluding tert-OH is 1. The van der Waals surface area contributed by atoms with Crippen LogP contribution < -0.4 is 0 Å². The van der Waals surface area contributed by atoms with Crippen molar-refractivity contribution >= 4 is 11.8 Å². The van der Waals surface area contributed by atoms with Crippen molar-refractivity contribution in [1.82, 2.24) is 0 Å². The van der Waals surface area contributed by atoms with Crippen LogP contribution in [0.3, 0.4) is 0 Å². The Balaban J connectivity index is 4.12. The summed E-state index contributed by atoms with van der Waals surface area (Å²) < 4.78 is 11.5.